The average molecular weight is 1730 g/mol. The largest absolute Gasteiger partial charge is 0.309 e. The van der Waals surface area contributed by atoms with E-state index in [1.54, 1.807) is 0 Å². The van der Waals surface area contributed by atoms with E-state index in [2.05, 4.69) is 359 Å². The topological polar surface area (TPSA) is 4.93 Å². The van der Waals surface area contributed by atoms with Gasteiger partial charge in [-0.25, -0.2) is 0 Å². The molecule has 0 fully saturated rings. The molecule has 0 radical (unpaired) electrons. The normalized spacial score (nSPS) is 13.6. The summed E-state index contributed by atoms with van der Waals surface area (Å²) in [6.45, 7) is 28.0. The summed E-state index contributed by atoms with van der Waals surface area (Å²) in [6, 6.07) is 87.5. The molecule has 0 amide bonds. The van der Waals surface area contributed by atoms with Gasteiger partial charge in [-0.2, -0.15) is 0 Å². The first kappa shape index (κ1) is 92.8. The number of unbranched alkanes of at least 4 members (excludes halogenated alkanes) is 24. The molecule has 674 valence electrons. The fourth-order valence-electron chi connectivity index (χ4n) is 23.5. The molecule has 1 heteroatoms. The van der Waals surface area contributed by atoms with Gasteiger partial charge in [-0.15, -0.1) is 0 Å². The fraction of sp³-hybridized carbons (Fsp3) is 0.405. The summed E-state index contributed by atoms with van der Waals surface area (Å²) in [7, 11) is 0. The van der Waals surface area contributed by atoms with Crippen molar-refractivity contribution in [3.8, 4) is 86.4 Å². The van der Waals surface area contributed by atoms with E-state index >= 15 is 0 Å². The molecule has 0 N–H and O–H groups in total. The first-order chi connectivity index (χ1) is 64.4. The predicted octanol–water partition coefficient (Wildman–Crippen LogP) is 36.8. The molecule has 1 aromatic heterocycles. The molecule has 0 spiro atoms. The summed E-state index contributed by atoms with van der Waals surface area (Å²) in [5.74, 6) is 30.7. The zero-order valence-electron chi connectivity index (χ0n) is 82.3. The second-order valence-electron chi connectivity index (χ2n) is 42.1. The first-order valence-electron chi connectivity index (χ1n) is 52.2. The van der Waals surface area contributed by atoms with Crippen molar-refractivity contribution in [3.63, 3.8) is 0 Å². The SMILES string of the molecule is CCCCCCCC1(CCCCCCC)c2cc(C#Cc3ccc(-n4c5ccc(C(C)(C)C)cc5c5cc(C(C)(C)C)ccc54)cc3)ccc2-c2ccc(C#Cc3ccc4c(c3)C(CCCCCCC)(CCCCCCC)c3cc(C#Cc5ccc6c(c5)C(CCCCCCC)(CCCCCCC)c5cc(C#Cc7ccc8ccc9cccc%10ccc7c8c9%10)ccc5-6)ccc3-4)cc21. The van der Waals surface area contributed by atoms with Crippen LogP contribution >= 0.6 is 0 Å². The maximum absolute atomic E-state index is 3.92. The molecule has 0 aliphatic heterocycles. The molecular formula is C131H145N. The Morgan fingerprint density at radius 1 is 0.227 bits per heavy atom. The van der Waals surface area contributed by atoms with Crippen molar-refractivity contribution in [1.82, 2.24) is 4.57 Å². The van der Waals surface area contributed by atoms with Crippen LogP contribution in [-0.4, -0.2) is 4.57 Å². The Labute approximate surface area is 794 Å². The lowest BCUT2D eigenvalue weighted by atomic mass is 9.70. The third-order valence-electron chi connectivity index (χ3n) is 30.9. The van der Waals surface area contributed by atoms with Crippen molar-refractivity contribution >= 4 is 54.1 Å². The number of fused-ring (bicyclic) bond motifs is 12. The van der Waals surface area contributed by atoms with Crippen LogP contribution in [0.15, 0.2) is 224 Å². The van der Waals surface area contributed by atoms with E-state index in [1.807, 2.05) is 0 Å². The lowest BCUT2D eigenvalue weighted by Crippen LogP contribution is -2.26. The van der Waals surface area contributed by atoms with Crippen molar-refractivity contribution in [2.24, 2.45) is 0 Å². The summed E-state index contributed by atoms with van der Waals surface area (Å²) >= 11 is 0. The fourth-order valence-corrected chi connectivity index (χ4v) is 23.5. The third-order valence-corrected chi connectivity index (χ3v) is 30.9. The number of benzene rings is 13. The van der Waals surface area contributed by atoms with Crippen LogP contribution < -0.4 is 0 Å². The third kappa shape index (κ3) is 19.4. The van der Waals surface area contributed by atoms with Crippen molar-refractivity contribution in [3.05, 3.63) is 313 Å². The molecule has 0 saturated heterocycles. The molecule has 17 rings (SSSR count). The van der Waals surface area contributed by atoms with Crippen molar-refractivity contribution in [2.75, 3.05) is 0 Å². The number of hydrogen-bond acceptors (Lipinski definition) is 0. The maximum Gasteiger partial charge on any atom is 0.0541 e. The molecule has 132 heavy (non-hydrogen) atoms. The zero-order valence-corrected chi connectivity index (χ0v) is 82.3. The number of hydrogen-bond donors (Lipinski definition) is 0. The van der Waals surface area contributed by atoms with Crippen LogP contribution in [0.5, 0.6) is 0 Å². The van der Waals surface area contributed by atoms with Gasteiger partial charge in [-0.1, -0.05) is 420 Å². The molecule has 1 nitrogen and oxygen atoms in total. The van der Waals surface area contributed by atoms with Crippen LogP contribution in [-0.2, 0) is 27.1 Å². The Kier molecular flexibility index (Phi) is 29.2. The van der Waals surface area contributed by atoms with Crippen molar-refractivity contribution in [2.45, 2.75) is 341 Å². The summed E-state index contributed by atoms with van der Waals surface area (Å²) in [5, 5.41) is 10.4. The van der Waals surface area contributed by atoms with Gasteiger partial charge in [-0.05, 0) is 287 Å². The van der Waals surface area contributed by atoms with Crippen LogP contribution in [0.1, 0.15) is 403 Å². The van der Waals surface area contributed by atoms with E-state index in [-0.39, 0.29) is 27.1 Å². The lowest BCUT2D eigenvalue weighted by molar-refractivity contribution is 0.398. The minimum atomic E-state index is -0.152. The van der Waals surface area contributed by atoms with E-state index in [9.17, 15) is 0 Å². The Hall–Kier alpha value is -11.1. The van der Waals surface area contributed by atoms with E-state index in [4.69, 9.17) is 0 Å². The van der Waals surface area contributed by atoms with Gasteiger partial charge in [0, 0.05) is 77.2 Å². The Morgan fingerprint density at radius 2 is 0.492 bits per heavy atom. The second kappa shape index (κ2) is 41.6. The average Bonchev–Trinajstić information content (AvgIpc) is 1.55. The van der Waals surface area contributed by atoms with E-state index in [0.29, 0.717) is 0 Å². The molecule has 1 heterocycles. The Balaban J connectivity index is 0.697. The maximum atomic E-state index is 3.92. The summed E-state index contributed by atoms with van der Waals surface area (Å²) in [5.41, 5.74) is 31.9. The molecule has 3 aliphatic carbocycles. The molecule has 13 aromatic carbocycles. The number of aromatic nitrogens is 1. The minimum Gasteiger partial charge on any atom is -0.309 e. The summed E-state index contributed by atoms with van der Waals surface area (Å²) in [6.07, 6.45) is 44.4. The van der Waals surface area contributed by atoms with Crippen LogP contribution in [0.2, 0.25) is 0 Å². The first-order valence-corrected chi connectivity index (χ1v) is 52.2. The smallest absolute Gasteiger partial charge is 0.0541 e. The lowest BCUT2D eigenvalue weighted by Gasteiger charge is -2.33. The van der Waals surface area contributed by atoms with Crippen molar-refractivity contribution in [1.29, 1.82) is 0 Å². The zero-order chi connectivity index (χ0) is 91.4. The molecule has 14 aromatic rings. The van der Waals surface area contributed by atoms with Gasteiger partial charge in [0.2, 0.25) is 0 Å². The predicted molar refractivity (Wildman–Crippen MR) is 570 cm³/mol. The second-order valence-corrected chi connectivity index (χ2v) is 42.1. The highest BCUT2D eigenvalue weighted by Crippen LogP contribution is 2.59. The van der Waals surface area contributed by atoms with Gasteiger partial charge < -0.3 is 4.57 Å². The molecule has 3 aliphatic rings. The van der Waals surface area contributed by atoms with Gasteiger partial charge in [0.05, 0.1) is 11.0 Å². The molecule has 0 atom stereocenters. The van der Waals surface area contributed by atoms with Gasteiger partial charge in [-0.3, -0.25) is 0 Å². The van der Waals surface area contributed by atoms with Gasteiger partial charge in [0.25, 0.3) is 0 Å². The standard InChI is InChI=1S/C131H145N/c1-13-19-25-31-37-80-129(81-38-32-26-20-14-2)117-86-95(47-46-94-53-69-107(70-54-94)132-123-78-67-105(127(7,8)9)92-115(123)116-93-106(128(10,11)12)68-79-124(116)132)55-71-109(117)110-72-56-96(87-118(110)129)48-49-97-57-73-111-112-74-58-98(89-120(112)130(119(111)88-97,82-39-33-27-21-15-3)83-40-34-28-22-16-4)50-51-99-59-75-113-114-76-60-100(52-61-101-62-63-104-65-64-102-44-43-45-103-66-77-108(101)126(104)125(102)103)91-122(114)131(121(113)90-99,84-41-35-29-23-17-5)85-42-36-30-24-18-6/h43-45,53-60,62-79,86-93H,13-42,80-85H2,1-12H3. The Bertz CT molecular complexity index is 6600. The monoisotopic (exact) mass is 1730 g/mol. The van der Waals surface area contributed by atoms with Gasteiger partial charge in [0.1, 0.15) is 0 Å². The van der Waals surface area contributed by atoms with Gasteiger partial charge in [0.15, 0.2) is 0 Å². The van der Waals surface area contributed by atoms with E-state index < -0.39 is 0 Å². The highest BCUT2D eigenvalue weighted by Gasteiger charge is 2.46. The molecule has 0 bridgehead atoms. The molecular weight excluding hydrogens is 1590 g/mol. The van der Waals surface area contributed by atoms with Crippen molar-refractivity contribution < 1.29 is 0 Å². The quantitative estimate of drug-likeness (QED) is 0.0208. The highest BCUT2D eigenvalue weighted by atomic mass is 15.0. The summed E-state index contributed by atoms with van der Waals surface area (Å²) < 4.78 is 2.46. The van der Waals surface area contributed by atoms with E-state index in [0.717, 1.165) is 88.7 Å². The highest BCUT2D eigenvalue weighted by molar-refractivity contribution is 6.24. The molecule has 0 unspecified atom stereocenters. The van der Waals surface area contributed by atoms with Crippen LogP contribution in [0.25, 0.3) is 93.2 Å². The number of nitrogens with zero attached hydrogens (tertiary/aromatic N) is 1. The minimum absolute atomic E-state index is 0.0405. The van der Waals surface area contributed by atoms with Crippen LogP contribution in [0.4, 0.5) is 0 Å². The number of rotatable bonds is 37. The van der Waals surface area contributed by atoms with Gasteiger partial charge >= 0.3 is 0 Å². The Morgan fingerprint density at radius 3 is 0.795 bits per heavy atom. The van der Waals surface area contributed by atoms with Crippen LogP contribution in [0, 0.1) is 47.4 Å². The van der Waals surface area contributed by atoms with E-state index in [1.165, 1.54) is 325 Å². The summed E-state index contributed by atoms with van der Waals surface area (Å²) in [4.78, 5) is 0. The van der Waals surface area contributed by atoms with Crippen LogP contribution in [0.3, 0.4) is 0 Å². The molecule has 0 saturated carbocycles.